The standard InChI is InChI=1S/C11H19BO3/c1-8(13)10(3,4)6-7-15-11(5,12)9(2)14/h6-7H2,1-5H3. The molecule has 0 heterocycles. The molecule has 0 fully saturated rings. The maximum absolute atomic E-state index is 11.2. The molecule has 0 aromatic heterocycles. The summed E-state index contributed by atoms with van der Waals surface area (Å²) in [6.07, 6.45) is 0.558. The highest BCUT2D eigenvalue weighted by Gasteiger charge is 2.27. The molecule has 0 aliphatic rings. The highest BCUT2D eigenvalue weighted by molar-refractivity contribution is 6.27. The van der Waals surface area contributed by atoms with Crippen LogP contribution in [0.3, 0.4) is 0 Å². The molecule has 1 unspecified atom stereocenters. The monoisotopic (exact) mass is 210 g/mol. The number of hydrogen-bond acceptors (Lipinski definition) is 3. The number of carbonyl (C=O) groups excluding carboxylic acids is 2. The lowest BCUT2D eigenvalue weighted by atomic mass is 9.79. The Morgan fingerprint density at radius 3 is 1.93 bits per heavy atom. The molecule has 0 saturated heterocycles. The van der Waals surface area contributed by atoms with Crippen molar-refractivity contribution >= 4 is 19.4 Å². The number of hydrogen-bond donors (Lipinski definition) is 0. The summed E-state index contributed by atoms with van der Waals surface area (Å²) in [6.45, 7) is 8.46. The van der Waals surface area contributed by atoms with E-state index >= 15 is 0 Å². The molecule has 0 aliphatic carbocycles. The SMILES string of the molecule is [B]C(C)(OCCC(C)(C)C(C)=O)C(C)=O. The Morgan fingerprint density at radius 1 is 1.13 bits per heavy atom. The maximum atomic E-state index is 11.2. The van der Waals surface area contributed by atoms with Crippen LogP contribution in [-0.2, 0) is 14.3 Å². The highest BCUT2D eigenvalue weighted by Crippen LogP contribution is 2.22. The topological polar surface area (TPSA) is 43.4 Å². The van der Waals surface area contributed by atoms with E-state index in [9.17, 15) is 9.59 Å². The van der Waals surface area contributed by atoms with Crippen LogP contribution < -0.4 is 0 Å². The molecular formula is C11H19BO3. The molecule has 0 aliphatic heterocycles. The molecule has 0 spiro atoms. The van der Waals surface area contributed by atoms with Crippen LogP contribution >= 0.6 is 0 Å². The minimum Gasteiger partial charge on any atom is -0.378 e. The Balaban J connectivity index is 4.11. The summed E-state index contributed by atoms with van der Waals surface area (Å²) in [5.41, 5.74) is -1.67. The molecule has 84 valence electrons. The van der Waals surface area contributed by atoms with Gasteiger partial charge in [-0.3, -0.25) is 9.59 Å². The van der Waals surface area contributed by atoms with Crippen LogP contribution in [0.4, 0.5) is 0 Å². The van der Waals surface area contributed by atoms with Gasteiger partial charge in [-0.2, -0.15) is 0 Å². The molecule has 0 N–H and O–H groups in total. The van der Waals surface area contributed by atoms with Crippen molar-refractivity contribution in [3.63, 3.8) is 0 Å². The molecule has 0 rings (SSSR count). The summed E-state index contributed by atoms with van der Waals surface area (Å²) < 4.78 is 5.25. The molecule has 0 aromatic carbocycles. The van der Waals surface area contributed by atoms with Crippen LogP contribution in [0.1, 0.15) is 41.0 Å². The predicted molar refractivity (Wildman–Crippen MR) is 59.9 cm³/mol. The average Bonchev–Trinajstić information content (AvgIpc) is 2.02. The Kier molecular flexibility index (Phi) is 4.72. The molecular weight excluding hydrogens is 191 g/mol. The quantitative estimate of drug-likeness (QED) is 0.623. The fourth-order valence-corrected chi connectivity index (χ4v) is 0.796. The summed E-state index contributed by atoms with van der Waals surface area (Å²) in [6, 6.07) is 0. The van der Waals surface area contributed by atoms with Crippen molar-refractivity contribution in [1.29, 1.82) is 0 Å². The van der Waals surface area contributed by atoms with Gasteiger partial charge in [0.2, 0.25) is 0 Å². The van der Waals surface area contributed by atoms with E-state index in [0.717, 1.165) is 0 Å². The first-order valence-corrected chi connectivity index (χ1v) is 5.04. The van der Waals surface area contributed by atoms with E-state index in [-0.39, 0.29) is 11.6 Å². The van der Waals surface area contributed by atoms with Gasteiger partial charge >= 0.3 is 0 Å². The van der Waals surface area contributed by atoms with Gasteiger partial charge in [0.25, 0.3) is 0 Å². The lowest BCUT2D eigenvalue weighted by Gasteiger charge is -2.26. The van der Waals surface area contributed by atoms with E-state index in [1.165, 1.54) is 13.8 Å². The van der Waals surface area contributed by atoms with Crippen molar-refractivity contribution in [1.82, 2.24) is 0 Å². The molecule has 0 aromatic rings. The summed E-state index contributed by atoms with van der Waals surface area (Å²) in [7, 11) is 5.61. The third kappa shape index (κ3) is 4.60. The summed E-state index contributed by atoms with van der Waals surface area (Å²) in [4.78, 5) is 22.2. The number of carbonyl (C=O) groups is 2. The van der Waals surface area contributed by atoms with Crippen molar-refractivity contribution in [3.8, 4) is 0 Å². The van der Waals surface area contributed by atoms with E-state index in [1.54, 1.807) is 6.92 Å². The lowest BCUT2D eigenvalue weighted by molar-refractivity contribution is -0.132. The summed E-state index contributed by atoms with van der Waals surface area (Å²) >= 11 is 0. The first-order chi connectivity index (χ1) is 6.59. The van der Waals surface area contributed by atoms with Gasteiger partial charge in [0.15, 0.2) is 5.78 Å². The molecule has 0 amide bonds. The van der Waals surface area contributed by atoms with Gasteiger partial charge in [-0.25, -0.2) is 0 Å². The molecule has 0 saturated carbocycles. The first kappa shape index (κ1) is 14.4. The lowest BCUT2D eigenvalue weighted by Crippen LogP contribution is -2.38. The average molecular weight is 210 g/mol. The van der Waals surface area contributed by atoms with Crippen LogP contribution in [0.25, 0.3) is 0 Å². The van der Waals surface area contributed by atoms with Gasteiger partial charge in [0.05, 0.1) is 5.50 Å². The minimum absolute atomic E-state index is 0.104. The molecule has 1 atom stereocenters. The van der Waals surface area contributed by atoms with Gasteiger partial charge in [-0.05, 0) is 27.2 Å². The van der Waals surface area contributed by atoms with Crippen molar-refractivity contribution in [2.45, 2.75) is 46.5 Å². The molecule has 2 radical (unpaired) electrons. The van der Waals surface area contributed by atoms with E-state index < -0.39 is 10.9 Å². The van der Waals surface area contributed by atoms with Gasteiger partial charge < -0.3 is 4.74 Å². The summed E-state index contributed by atoms with van der Waals surface area (Å²) in [5, 5.41) is 0. The van der Waals surface area contributed by atoms with Gasteiger partial charge in [0.1, 0.15) is 13.6 Å². The largest absolute Gasteiger partial charge is 0.378 e. The number of ketones is 2. The van der Waals surface area contributed by atoms with E-state index in [1.807, 2.05) is 13.8 Å². The number of Topliss-reactive ketones (excluding diaryl/α,β-unsaturated/α-hetero) is 2. The Bertz CT molecular complexity index is 231. The number of rotatable bonds is 6. The highest BCUT2D eigenvalue weighted by atomic mass is 16.5. The van der Waals surface area contributed by atoms with Crippen molar-refractivity contribution in [2.75, 3.05) is 6.61 Å². The second-order valence-corrected chi connectivity index (χ2v) is 4.70. The second-order valence-electron chi connectivity index (χ2n) is 4.70. The minimum atomic E-state index is -1.24. The van der Waals surface area contributed by atoms with Crippen LogP contribution in [0, 0.1) is 5.41 Å². The fraction of sp³-hybridized carbons (Fsp3) is 0.818. The van der Waals surface area contributed by atoms with E-state index in [4.69, 9.17) is 12.6 Å². The predicted octanol–water partition coefficient (Wildman–Crippen LogP) is 1.48. The molecule has 3 nitrogen and oxygen atoms in total. The van der Waals surface area contributed by atoms with Crippen LogP contribution in [-0.4, -0.2) is 31.5 Å². The van der Waals surface area contributed by atoms with Crippen molar-refractivity contribution in [2.24, 2.45) is 5.41 Å². The van der Waals surface area contributed by atoms with Crippen molar-refractivity contribution < 1.29 is 14.3 Å². The van der Waals surface area contributed by atoms with Crippen LogP contribution in [0.2, 0.25) is 0 Å². The third-order valence-electron chi connectivity index (χ3n) is 2.78. The maximum Gasteiger partial charge on any atom is 0.151 e. The molecule has 0 bridgehead atoms. The van der Waals surface area contributed by atoms with Crippen LogP contribution in [0.15, 0.2) is 0 Å². The Labute approximate surface area is 93.0 Å². The zero-order chi connectivity index (χ0) is 12.3. The first-order valence-electron chi connectivity index (χ1n) is 5.04. The smallest absolute Gasteiger partial charge is 0.151 e. The van der Waals surface area contributed by atoms with E-state index in [2.05, 4.69) is 0 Å². The third-order valence-corrected chi connectivity index (χ3v) is 2.78. The molecule has 4 heteroatoms. The van der Waals surface area contributed by atoms with Gasteiger partial charge in [-0.15, -0.1) is 0 Å². The van der Waals surface area contributed by atoms with Crippen LogP contribution in [0.5, 0.6) is 0 Å². The fourth-order valence-electron chi connectivity index (χ4n) is 0.796. The van der Waals surface area contributed by atoms with Crippen molar-refractivity contribution in [3.05, 3.63) is 0 Å². The van der Waals surface area contributed by atoms with E-state index in [0.29, 0.717) is 13.0 Å². The van der Waals surface area contributed by atoms with Gasteiger partial charge in [0, 0.05) is 12.0 Å². The van der Waals surface area contributed by atoms with Gasteiger partial charge in [-0.1, -0.05) is 13.8 Å². The normalized spacial score (nSPS) is 15.8. The Hall–Kier alpha value is -0.635. The Morgan fingerprint density at radius 2 is 1.60 bits per heavy atom. The second kappa shape index (κ2) is 4.93. The number of ether oxygens (including phenoxy) is 1. The summed E-state index contributed by atoms with van der Waals surface area (Å²) in [5.74, 6) is -0.115. The molecule has 15 heavy (non-hydrogen) atoms. The zero-order valence-corrected chi connectivity index (χ0v) is 10.2. The zero-order valence-electron chi connectivity index (χ0n) is 10.2.